The van der Waals surface area contributed by atoms with E-state index in [2.05, 4.69) is 17.6 Å². The topological polar surface area (TPSA) is 41.1 Å². The van der Waals surface area contributed by atoms with Crippen molar-refractivity contribution in [3.05, 3.63) is 0 Å². The Morgan fingerprint density at radius 2 is 2.29 bits per heavy atom. The number of hydrogen-bond donors (Lipinski definition) is 2. The zero-order chi connectivity index (χ0) is 9.97. The fraction of sp³-hybridized carbons (Fsp3) is 0.909. The third kappa shape index (κ3) is 2.47. The molecule has 3 nitrogen and oxygen atoms in total. The van der Waals surface area contributed by atoms with Gasteiger partial charge >= 0.3 is 0 Å². The van der Waals surface area contributed by atoms with Gasteiger partial charge in [-0.3, -0.25) is 4.79 Å². The molecule has 0 radical (unpaired) electrons. The molecule has 2 N–H and O–H groups in total. The summed E-state index contributed by atoms with van der Waals surface area (Å²) in [5, 5.41) is 6.47. The molecule has 0 aromatic carbocycles. The van der Waals surface area contributed by atoms with Crippen molar-refractivity contribution in [2.24, 2.45) is 11.8 Å². The van der Waals surface area contributed by atoms with Crippen LogP contribution in [0.25, 0.3) is 0 Å². The highest BCUT2D eigenvalue weighted by molar-refractivity contribution is 5.81. The second-order valence-electron chi connectivity index (χ2n) is 4.71. The number of carbonyl (C=O) groups excluding carboxylic acids is 1. The van der Waals surface area contributed by atoms with Crippen molar-refractivity contribution in [3.8, 4) is 0 Å². The fourth-order valence-electron chi connectivity index (χ4n) is 2.14. The van der Waals surface area contributed by atoms with Crippen LogP contribution in [0, 0.1) is 11.8 Å². The first-order valence-electron chi connectivity index (χ1n) is 5.78. The molecule has 1 aliphatic heterocycles. The highest BCUT2D eigenvalue weighted by atomic mass is 16.2. The molecule has 1 amide bonds. The van der Waals surface area contributed by atoms with Crippen molar-refractivity contribution >= 4 is 5.91 Å². The average molecular weight is 196 g/mol. The van der Waals surface area contributed by atoms with E-state index in [0.717, 1.165) is 19.5 Å². The van der Waals surface area contributed by atoms with E-state index >= 15 is 0 Å². The third-order valence-corrected chi connectivity index (χ3v) is 3.38. The fourth-order valence-corrected chi connectivity index (χ4v) is 2.14. The standard InChI is InChI=1S/C11H20N2O/c1-8-6-10(8)11(14)13-7-9-4-2-3-5-12-9/h8-10,12H,2-7H2,1H3,(H,13,14). The molecule has 0 bridgehead atoms. The van der Waals surface area contributed by atoms with E-state index < -0.39 is 0 Å². The van der Waals surface area contributed by atoms with E-state index in [1.54, 1.807) is 0 Å². The van der Waals surface area contributed by atoms with E-state index in [1.807, 2.05) is 0 Å². The molecule has 0 spiro atoms. The summed E-state index contributed by atoms with van der Waals surface area (Å²) in [6.45, 7) is 4.07. The van der Waals surface area contributed by atoms with Crippen LogP contribution in [-0.4, -0.2) is 25.0 Å². The maximum absolute atomic E-state index is 11.5. The minimum absolute atomic E-state index is 0.268. The van der Waals surface area contributed by atoms with Gasteiger partial charge in [0.05, 0.1) is 0 Å². The molecule has 3 unspecified atom stereocenters. The molecule has 2 rings (SSSR count). The molecule has 0 aromatic rings. The first kappa shape index (κ1) is 9.97. The summed E-state index contributed by atoms with van der Waals surface area (Å²) < 4.78 is 0. The lowest BCUT2D eigenvalue weighted by Crippen LogP contribution is -2.43. The molecule has 14 heavy (non-hydrogen) atoms. The van der Waals surface area contributed by atoms with E-state index in [4.69, 9.17) is 0 Å². The van der Waals surface area contributed by atoms with Crippen molar-refractivity contribution in [3.63, 3.8) is 0 Å². The highest BCUT2D eigenvalue weighted by Gasteiger charge is 2.38. The Hall–Kier alpha value is -0.570. The van der Waals surface area contributed by atoms with Gasteiger partial charge in [-0.15, -0.1) is 0 Å². The van der Waals surface area contributed by atoms with Gasteiger partial charge < -0.3 is 10.6 Å². The normalized spacial score (nSPS) is 36.5. The van der Waals surface area contributed by atoms with Gasteiger partial charge in [0.15, 0.2) is 0 Å². The summed E-state index contributed by atoms with van der Waals surface area (Å²) in [6, 6.07) is 0.516. The van der Waals surface area contributed by atoms with Gasteiger partial charge in [-0.1, -0.05) is 13.3 Å². The van der Waals surface area contributed by atoms with Crippen LogP contribution in [-0.2, 0) is 4.79 Å². The van der Waals surface area contributed by atoms with Crippen LogP contribution < -0.4 is 10.6 Å². The van der Waals surface area contributed by atoms with E-state index in [-0.39, 0.29) is 5.91 Å². The molecule has 2 aliphatic rings. The van der Waals surface area contributed by atoms with Gasteiger partial charge in [-0.25, -0.2) is 0 Å². The van der Waals surface area contributed by atoms with Crippen molar-refractivity contribution in [1.29, 1.82) is 0 Å². The summed E-state index contributed by atoms with van der Waals surface area (Å²) >= 11 is 0. The maximum atomic E-state index is 11.5. The van der Waals surface area contributed by atoms with Crippen LogP contribution in [0.2, 0.25) is 0 Å². The molecular weight excluding hydrogens is 176 g/mol. The molecule has 3 heteroatoms. The quantitative estimate of drug-likeness (QED) is 0.704. The minimum atomic E-state index is 0.268. The molecule has 1 saturated carbocycles. The molecule has 80 valence electrons. The number of carbonyl (C=O) groups is 1. The summed E-state index contributed by atoms with van der Waals surface area (Å²) in [7, 11) is 0. The van der Waals surface area contributed by atoms with E-state index in [1.165, 1.54) is 19.3 Å². The summed E-state index contributed by atoms with van der Waals surface area (Å²) in [5.74, 6) is 1.21. The smallest absolute Gasteiger partial charge is 0.223 e. The Kier molecular flexibility index (Phi) is 3.06. The molecule has 1 aliphatic carbocycles. The van der Waals surface area contributed by atoms with Crippen LogP contribution in [0.5, 0.6) is 0 Å². The average Bonchev–Trinajstić information content (AvgIpc) is 2.94. The number of nitrogens with one attached hydrogen (secondary N) is 2. The van der Waals surface area contributed by atoms with Gasteiger partial charge in [-0.2, -0.15) is 0 Å². The highest BCUT2D eigenvalue weighted by Crippen LogP contribution is 2.37. The van der Waals surface area contributed by atoms with Crippen LogP contribution in [0.1, 0.15) is 32.6 Å². The van der Waals surface area contributed by atoms with Crippen molar-refractivity contribution < 1.29 is 4.79 Å². The summed E-state index contributed by atoms with van der Waals surface area (Å²) in [5.41, 5.74) is 0. The van der Waals surface area contributed by atoms with Crippen molar-refractivity contribution in [2.75, 3.05) is 13.1 Å². The Bertz CT molecular complexity index is 211. The zero-order valence-electron chi connectivity index (χ0n) is 8.88. The third-order valence-electron chi connectivity index (χ3n) is 3.38. The van der Waals surface area contributed by atoms with Crippen molar-refractivity contribution in [1.82, 2.24) is 10.6 Å². The van der Waals surface area contributed by atoms with Gasteiger partial charge in [0.25, 0.3) is 0 Å². The molecule has 1 heterocycles. The van der Waals surface area contributed by atoms with Gasteiger partial charge in [0, 0.05) is 18.5 Å². The Labute approximate surface area is 85.6 Å². The lowest BCUT2D eigenvalue weighted by molar-refractivity contribution is -0.122. The summed E-state index contributed by atoms with van der Waals surface area (Å²) in [6.07, 6.45) is 4.88. The largest absolute Gasteiger partial charge is 0.354 e. The second kappa shape index (κ2) is 4.30. The van der Waals surface area contributed by atoms with Crippen LogP contribution in [0.15, 0.2) is 0 Å². The Morgan fingerprint density at radius 1 is 1.50 bits per heavy atom. The molecule has 2 fully saturated rings. The lowest BCUT2D eigenvalue weighted by atomic mass is 10.1. The van der Waals surface area contributed by atoms with Gasteiger partial charge in [-0.05, 0) is 31.7 Å². The number of hydrogen-bond acceptors (Lipinski definition) is 2. The number of amides is 1. The number of rotatable bonds is 3. The molecule has 3 atom stereocenters. The predicted octanol–water partition coefficient (Wildman–Crippen LogP) is 0.901. The SMILES string of the molecule is CC1CC1C(=O)NCC1CCCCN1. The van der Waals surface area contributed by atoms with Crippen LogP contribution in [0.3, 0.4) is 0 Å². The Balaban J connectivity index is 1.63. The molecular formula is C11H20N2O. The first-order chi connectivity index (χ1) is 6.77. The lowest BCUT2D eigenvalue weighted by Gasteiger charge is -2.23. The zero-order valence-corrected chi connectivity index (χ0v) is 8.88. The van der Waals surface area contributed by atoms with Gasteiger partial charge in [0.2, 0.25) is 5.91 Å². The first-order valence-corrected chi connectivity index (χ1v) is 5.78. The molecule has 0 aromatic heterocycles. The van der Waals surface area contributed by atoms with Crippen LogP contribution in [0.4, 0.5) is 0 Å². The second-order valence-corrected chi connectivity index (χ2v) is 4.71. The maximum Gasteiger partial charge on any atom is 0.223 e. The van der Waals surface area contributed by atoms with E-state index in [9.17, 15) is 4.79 Å². The minimum Gasteiger partial charge on any atom is -0.354 e. The van der Waals surface area contributed by atoms with E-state index in [0.29, 0.717) is 17.9 Å². The number of piperidine rings is 1. The summed E-state index contributed by atoms with van der Waals surface area (Å²) in [4.78, 5) is 11.5. The molecule has 1 saturated heterocycles. The Morgan fingerprint density at radius 3 is 2.86 bits per heavy atom. The monoisotopic (exact) mass is 196 g/mol. The van der Waals surface area contributed by atoms with Gasteiger partial charge in [0.1, 0.15) is 0 Å². The van der Waals surface area contributed by atoms with Crippen LogP contribution >= 0.6 is 0 Å². The predicted molar refractivity (Wildman–Crippen MR) is 55.9 cm³/mol. The van der Waals surface area contributed by atoms with Crippen molar-refractivity contribution in [2.45, 2.75) is 38.6 Å².